The first-order valence-electron chi connectivity index (χ1n) is 40.3. The smallest absolute Gasteiger partial charge is 0.249 e. The van der Waals surface area contributed by atoms with Crippen LogP contribution in [0.2, 0.25) is 0 Å². The number of benzene rings is 2. The van der Waals surface area contributed by atoms with E-state index in [1.54, 1.807) is 71.9 Å². The lowest BCUT2D eigenvalue weighted by molar-refractivity contribution is -0.143. The zero-order chi connectivity index (χ0) is 82.9. The van der Waals surface area contributed by atoms with E-state index in [1.165, 1.54) is 4.90 Å². The van der Waals surface area contributed by atoms with Crippen molar-refractivity contribution in [3.05, 3.63) is 71.8 Å². The first kappa shape index (κ1) is 93.9. The normalized spacial score (nSPS) is 27.0. The average molecular weight is 1570 g/mol. The number of amides is 13. The third kappa shape index (κ3) is 30.3. The van der Waals surface area contributed by atoms with Crippen LogP contribution in [0.15, 0.2) is 60.7 Å². The van der Waals surface area contributed by atoms with Crippen LogP contribution in [0.4, 0.5) is 0 Å². The lowest BCUT2D eigenvalue weighted by Crippen LogP contribution is -2.61. The van der Waals surface area contributed by atoms with Gasteiger partial charge in [0.2, 0.25) is 76.8 Å². The molecule has 3 aliphatic rings. The van der Waals surface area contributed by atoms with Gasteiger partial charge in [0, 0.05) is 25.9 Å². The number of ether oxygens (including phenoxy) is 2. The van der Waals surface area contributed by atoms with Crippen molar-refractivity contribution >= 4 is 76.8 Å². The summed E-state index contributed by atoms with van der Waals surface area (Å²) in [4.78, 5) is 192. The summed E-state index contributed by atoms with van der Waals surface area (Å²) in [6.45, 7) is 21.6. The summed E-state index contributed by atoms with van der Waals surface area (Å²) in [6, 6.07) is 2.89. The van der Waals surface area contributed by atoms with Gasteiger partial charge in [-0.05, 0) is 156 Å². The van der Waals surface area contributed by atoms with E-state index in [0.717, 1.165) is 5.56 Å². The van der Waals surface area contributed by atoms with Crippen LogP contribution in [0.25, 0.3) is 0 Å². The molecule has 13 amide bonds. The fraction of sp³-hybridized carbons (Fsp3) is 0.688. The molecule has 20 N–H and O–H groups in total. The lowest BCUT2D eigenvalue weighted by Gasteiger charge is -2.32. The summed E-state index contributed by atoms with van der Waals surface area (Å²) in [5, 5.41) is 33.9. The van der Waals surface area contributed by atoms with E-state index in [1.807, 2.05) is 71.9 Å². The van der Waals surface area contributed by atoms with Crippen LogP contribution in [-0.2, 0) is 84.8 Å². The Balaban J connectivity index is 1.58. The summed E-state index contributed by atoms with van der Waals surface area (Å²) in [5.74, 6) is -11.7. The summed E-state index contributed by atoms with van der Waals surface area (Å²) in [6.07, 6.45) is -1.26. The molecule has 32 heteroatoms. The molecule has 3 aliphatic heterocycles. The molecule has 2 aromatic rings. The Hall–Kier alpha value is -8.69. The predicted octanol–water partition coefficient (Wildman–Crippen LogP) is 0.487. The summed E-state index contributed by atoms with van der Waals surface area (Å²) >= 11 is 0. The number of nitrogens with zero attached hydrogens (tertiary/aromatic N) is 1. The second kappa shape index (κ2) is 47.7. The number of fused-ring (bicyclic) bond motifs is 3. The molecule has 2 bridgehead atoms. The van der Waals surface area contributed by atoms with Gasteiger partial charge in [0.1, 0.15) is 84.7 Å². The van der Waals surface area contributed by atoms with E-state index in [0.29, 0.717) is 12.0 Å². The SMILES string of the molecule is CC(C)C[C@@H]1NC(=O)[C@H](CCCN)NC(=O)[C@H](C(C)C)NC(=O)[C@@H]2CCCN2C(=O)[C@@H](Cc2ccccc2)NC(=O)[C@H](CC(C)C)NC(=O)[C@H](CCCN)NC(=O)[C@H](C(C)C)NC(=O)[C@H](CCCN)NC(=O)[C@H](CC(C)C)NC(=O)[C@H]2C[C@H](OCc3ccccc3)[C@@H](CNC(=O)[C@H](C(C)C)NC(=O)[C@@H](CCCN)NC1=O)O2. The van der Waals surface area contributed by atoms with Crippen LogP contribution < -0.4 is 86.7 Å². The van der Waals surface area contributed by atoms with Crippen molar-refractivity contribution in [1.82, 2.24) is 68.7 Å². The van der Waals surface area contributed by atoms with E-state index in [-0.39, 0.29) is 154 Å². The van der Waals surface area contributed by atoms with Crippen LogP contribution in [0, 0.1) is 35.5 Å². The Morgan fingerprint density at radius 1 is 0.402 bits per heavy atom. The molecule has 5 rings (SSSR count). The molecule has 0 radical (unpaired) electrons. The molecule has 2 aromatic carbocycles. The molecule has 3 fully saturated rings. The highest BCUT2D eigenvalue weighted by molar-refractivity contribution is 6.00. The number of nitrogens with one attached hydrogen (secondary N) is 12. The molecule has 626 valence electrons. The molecule has 3 saturated heterocycles. The Kier molecular flexibility index (Phi) is 40.0. The molecule has 0 unspecified atom stereocenters. The molecule has 112 heavy (non-hydrogen) atoms. The number of carbonyl (C=O) groups is 13. The molecule has 32 nitrogen and oxygen atoms in total. The van der Waals surface area contributed by atoms with Crippen molar-refractivity contribution in [3.63, 3.8) is 0 Å². The third-order valence-electron chi connectivity index (χ3n) is 20.1. The van der Waals surface area contributed by atoms with E-state index in [4.69, 9.17) is 32.4 Å². The lowest BCUT2D eigenvalue weighted by atomic mass is 9.99. The second-order valence-corrected chi connectivity index (χ2v) is 32.2. The molecular weight excluding hydrogens is 1440 g/mol. The Morgan fingerprint density at radius 2 is 0.741 bits per heavy atom. The Bertz CT molecular complexity index is 3390. The first-order valence-corrected chi connectivity index (χ1v) is 40.3. The van der Waals surface area contributed by atoms with Crippen LogP contribution in [0.3, 0.4) is 0 Å². The van der Waals surface area contributed by atoms with E-state index in [2.05, 4.69) is 63.8 Å². The summed E-state index contributed by atoms with van der Waals surface area (Å²) in [7, 11) is 0. The van der Waals surface area contributed by atoms with Crippen LogP contribution >= 0.6 is 0 Å². The summed E-state index contributed by atoms with van der Waals surface area (Å²) in [5.41, 5.74) is 25.4. The van der Waals surface area contributed by atoms with Crippen molar-refractivity contribution < 1.29 is 71.8 Å². The van der Waals surface area contributed by atoms with Gasteiger partial charge in [-0.3, -0.25) is 62.3 Å². The zero-order valence-electron chi connectivity index (χ0n) is 67.8. The largest absolute Gasteiger partial charge is 0.371 e. The van der Waals surface area contributed by atoms with Crippen LogP contribution in [-0.4, -0.2) is 212 Å². The first-order chi connectivity index (χ1) is 53.2. The number of hydrogen-bond donors (Lipinski definition) is 16. The third-order valence-corrected chi connectivity index (χ3v) is 20.1. The Morgan fingerprint density at radius 3 is 1.13 bits per heavy atom. The molecule has 3 heterocycles. The van der Waals surface area contributed by atoms with Crippen molar-refractivity contribution in [2.75, 3.05) is 39.3 Å². The van der Waals surface area contributed by atoms with Crippen molar-refractivity contribution in [3.8, 4) is 0 Å². The second-order valence-electron chi connectivity index (χ2n) is 32.2. The molecule has 15 atom stereocenters. The maximum Gasteiger partial charge on any atom is 0.249 e. The van der Waals surface area contributed by atoms with Crippen LogP contribution in [0.5, 0.6) is 0 Å². The number of hydrogen-bond acceptors (Lipinski definition) is 19. The van der Waals surface area contributed by atoms with Gasteiger partial charge >= 0.3 is 0 Å². The predicted molar refractivity (Wildman–Crippen MR) is 423 cm³/mol. The highest BCUT2D eigenvalue weighted by Gasteiger charge is 2.45. The van der Waals surface area contributed by atoms with Crippen molar-refractivity contribution in [2.24, 2.45) is 58.4 Å². The van der Waals surface area contributed by atoms with Gasteiger partial charge in [-0.15, -0.1) is 0 Å². The van der Waals surface area contributed by atoms with Gasteiger partial charge in [0.05, 0.1) is 12.7 Å². The van der Waals surface area contributed by atoms with Crippen LogP contribution in [0.1, 0.15) is 184 Å². The minimum atomic E-state index is -1.31. The fourth-order valence-corrected chi connectivity index (χ4v) is 13.9. The summed E-state index contributed by atoms with van der Waals surface area (Å²) < 4.78 is 12.8. The zero-order valence-corrected chi connectivity index (χ0v) is 67.8. The monoisotopic (exact) mass is 1570 g/mol. The maximum absolute atomic E-state index is 15.2. The van der Waals surface area contributed by atoms with Crippen molar-refractivity contribution in [2.45, 2.75) is 277 Å². The molecule has 0 spiro atoms. The average Bonchev–Trinajstić information content (AvgIpc) is 1.53. The number of carbonyl (C=O) groups excluding carboxylic acids is 13. The van der Waals surface area contributed by atoms with Gasteiger partial charge in [-0.2, -0.15) is 0 Å². The van der Waals surface area contributed by atoms with E-state index in [9.17, 15) is 57.5 Å². The van der Waals surface area contributed by atoms with Gasteiger partial charge in [-0.1, -0.05) is 144 Å². The van der Waals surface area contributed by atoms with Gasteiger partial charge < -0.3 is 101 Å². The fourth-order valence-electron chi connectivity index (χ4n) is 13.9. The maximum atomic E-state index is 15.2. The van der Waals surface area contributed by atoms with Gasteiger partial charge in [-0.25, -0.2) is 0 Å². The van der Waals surface area contributed by atoms with E-state index < -0.39 is 185 Å². The topological polar surface area (TPSA) is 492 Å². The molecule has 0 aromatic heterocycles. The minimum absolute atomic E-state index is 0.00204. The molecule has 0 saturated carbocycles. The quantitative estimate of drug-likeness (QED) is 0.0609. The number of rotatable bonds is 26. The standard InChI is InChI=1S/C80H131N17O15/c1-45(2)38-57-72(102)86-55(30-21-35-83)70(100)94-65(48(7)8)77(107)85-43-64-62(111-44-52-26-17-14-18-27-52)42-63(112-64)76(106)92-59(40-47(5)6)73(103)87-56(31-22-36-84)71(101)95-66(49(9)10)78(108)88-53(28-19-33-81)69(99)91-58(39-46(3)4)74(104)93-60(41-51-24-15-13-16-25-51)80(110)97-37-23-32-61(97)75(105)96-67(50(11)12)79(109)89-54(29-20-34-82)68(98)90-57/h13-18,24-27,45-50,53-67H,19-23,28-44,81-84H2,1-12H3,(H,85,107)(H,86,102)(H,87,103)(H,88,108)(H,89,109)(H,90,98)(H,91,99)(H,92,106)(H,93,104)(H,94,100)(H,95,101)(H,96,105)/t53-,54-,55+,56-,57-,58-,59-,60+,61-,62-,63+,64+,65-,66-,67-/m0/s1. The van der Waals surface area contributed by atoms with Gasteiger partial charge in [0.25, 0.3) is 0 Å². The van der Waals surface area contributed by atoms with Crippen molar-refractivity contribution in [1.29, 1.82) is 0 Å². The van der Waals surface area contributed by atoms with E-state index >= 15 is 4.79 Å². The Labute approximate surface area is 660 Å². The highest BCUT2D eigenvalue weighted by Crippen LogP contribution is 2.27. The minimum Gasteiger partial charge on any atom is -0.371 e. The molecular formula is C80H131N17O15. The highest BCUT2D eigenvalue weighted by atomic mass is 16.6. The molecule has 0 aliphatic carbocycles. The number of nitrogens with two attached hydrogens (primary N) is 4. The van der Waals surface area contributed by atoms with Gasteiger partial charge in [0.15, 0.2) is 0 Å².